The van der Waals surface area contributed by atoms with Crippen molar-refractivity contribution in [2.24, 2.45) is 10.9 Å². The van der Waals surface area contributed by atoms with Gasteiger partial charge in [0.2, 0.25) is 5.91 Å². The highest BCUT2D eigenvalue weighted by molar-refractivity contribution is 7.90. The Bertz CT molecular complexity index is 1110. The molecule has 30 heavy (non-hydrogen) atoms. The number of rotatable bonds is 6. The number of nitrogens with one attached hydrogen (secondary N) is 3. The van der Waals surface area contributed by atoms with Gasteiger partial charge in [-0.1, -0.05) is 32.0 Å². The van der Waals surface area contributed by atoms with Crippen molar-refractivity contribution in [2.75, 3.05) is 11.9 Å². The van der Waals surface area contributed by atoms with E-state index < -0.39 is 22.0 Å². The van der Waals surface area contributed by atoms with Crippen LogP contribution in [0.4, 0.5) is 5.69 Å². The predicted octanol–water partition coefficient (Wildman–Crippen LogP) is 2.14. The van der Waals surface area contributed by atoms with Crippen LogP contribution in [0, 0.1) is 5.92 Å². The number of anilines is 1. The van der Waals surface area contributed by atoms with E-state index in [2.05, 4.69) is 20.3 Å². The zero-order chi connectivity index (χ0) is 21.9. The van der Waals surface area contributed by atoms with Gasteiger partial charge in [0, 0.05) is 23.4 Å². The largest absolute Gasteiger partial charge is 0.352 e. The molecular formula is C21H24N4O4S. The molecule has 2 aromatic carbocycles. The second kappa shape index (κ2) is 8.66. The number of benzene rings is 2. The maximum absolute atomic E-state index is 12.9. The van der Waals surface area contributed by atoms with Gasteiger partial charge >= 0.3 is 0 Å². The zero-order valence-corrected chi connectivity index (χ0v) is 17.8. The summed E-state index contributed by atoms with van der Waals surface area (Å²) in [6, 6.07) is 12.3. The second-order valence-corrected chi connectivity index (χ2v) is 8.85. The van der Waals surface area contributed by atoms with E-state index in [1.54, 1.807) is 42.5 Å². The van der Waals surface area contributed by atoms with Crippen molar-refractivity contribution < 1.29 is 18.0 Å². The highest BCUT2D eigenvalue weighted by Gasteiger charge is 2.32. The molecule has 1 aliphatic rings. The summed E-state index contributed by atoms with van der Waals surface area (Å²) in [6.45, 7) is 5.98. The third kappa shape index (κ3) is 4.51. The standard InChI is InChI=1S/C21H24N4O4S/c1-4-22-20(26)14-8-7-9-15(12-14)23-21(27)18(13(2)3)24-19-16-10-5-6-11-17(16)30(28,29)25-19/h5-13,18H,4H2,1-3H3,(H,22,26)(H,23,27)(H,24,25)/t18-/m0/s1. The first-order valence-electron chi connectivity index (χ1n) is 9.62. The summed E-state index contributed by atoms with van der Waals surface area (Å²) in [4.78, 5) is 29.5. The molecule has 2 amide bonds. The lowest BCUT2D eigenvalue weighted by Gasteiger charge is -2.17. The minimum Gasteiger partial charge on any atom is -0.352 e. The number of sulfonamides is 1. The van der Waals surface area contributed by atoms with E-state index in [1.165, 1.54) is 6.07 Å². The van der Waals surface area contributed by atoms with E-state index in [-0.39, 0.29) is 22.6 Å². The summed E-state index contributed by atoms with van der Waals surface area (Å²) < 4.78 is 27.0. The average Bonchev–Trinajstić information content (AvgIpc) is 2.96. The van der Waals surface area contributed by atoms with Crippen LogP contribution >= 0.6 is 0 Å². The maximum Gasteiger partial charge on any atom is 0.263 e. The third-order valence-electron chi connectivity index (χ3n) is 4.56. The molecule has 0 spiro atoms. The molecule has 158 valence electrons. The van der Waals surface area contributed by atoms with Crippen LogP contribution in [0.2, 0.25) is 0 Å². The van der Waals surface area contributed by atoms with E-state index in [9.17, 15) is 18.0 Å². The Hall–Kier alpha value is -3.20. The van der Waals surface area contributed by atoms with E-state index in [4.69, 9.17) is 0 Å². The van der Waals surface area contributed by atoms with Crippen molar-refractivity contribution in [2.45, 2.75) is 31.7 Å². The van der Waals surface area contributed by atoms with Crippen LogP contribution in [-0.4, -0.2) is 38.7 Å². The minimum atomic E-state index is -3.69. The van der Waals surface area contributed by atoms with Crippen molar-refractivity contribution in [1.82, 2.24) is 10.0 Å². The molecule has 1 aliphatic heterocycles. The highest BCUT2D eigenvalue weighted by Crippen LogP contribution is 2.24. The SMILES string of the molecule is CCNC(=O)c1cccc(NC(=O)[C@@H](N=C2NS(=O)(=O)c3ccccc32)C(C)C)c1. The lowest BCUT2D eigenvalue weighted by Crippen LogP contribution is -2.34. The van der Waals surface area contributed by atoms with Crippen molar-refractivity contribution in [1.29, 1.82) is 0 Å². The lowest BCUT2D eigenvalue weighted by molar-refractivity contribution is -0.118. The molecule has 3 N–H and O–H groups in total. The number of hydrogen-bond donors (Lipinski definition) is 3. The molecule has 0 radical (unpaired) electrons. The lowest BCUT2D eigenvalue weighted by atomic mass is 10.0. The number of aliphatic imine (C=N–C) groups is 1. The van der Waals surface area contributed by atoms with E-state index >= 15 is 0 Å². The topological polar surface area (TPSA) is 117 Å². The maximum atomic E-state index is 12.9. The smallest absolute Gasteiger partial charge is 0.263 e. The Morgan fingerprint density at radius 3 is 2.53 bits per heavy atom. The summed E-state index contributed by atoms with van der Waals surface area (Å²) in [7, 11) is -3.69. The number of amidine groups is 1. The van der Waals surface area contributed by atoms with Crippen LogP contribution < -0.4 is 15.4 Å². The Balaban J connectivity index is 1.86. The Morgan fingerprint density at radius 1 is 1.10 bits per heavy atom. The molecule has 1 heterocycles. The summed E-state index contributed by atoms with van der Waals surface area (Å²) >= 11 is 0. The quantitative estimate of drug-likeness (QED) is 0.653. The fraction of sp³-hybridized carbons (Fsp3) is 0.286. The molecule has 1 atom stereocenters. The van der Waals surface area contributed by atoms with Crippen LogP contribution in [-0.2, 0) is 14.8 Å². The van der Waals surface area contributed by atoms with Crippen molar-refractivity contribution in [3.63, 3.8) is 0 Å². The predicted molar refractivity (Wildman–Crippen MR) is 115 cm³/mol. The van der Waals surface area contributed by atoms with Gasteiger partial charge in [0.15, 0.2) is 0 Å². The van der Waals surface area contributed by atoms with Crippen molar-refractivity contribution >= 4 is 33.4 Å². The van der Waals surface area contributed by atoms with Gasteiger partial charge in [0.25, 0.3) is 15.9 Å². The number of amides is 2. The normalized spacial score (nSPS) is 16.6. The average molecular weight is 429 g/mol. The van der Waals surface area contributed by atoms with Gasteiger partial charge in [-0.05, 0) is 43.2 Å². The number of carbonyl (C=O) groups excluding carboxylic acids is 2. The molecule has 9 heteroatoms. The molecule has 0 aromatic heterocycles. The van der Waals surface area contributed by atoms with E-state index in [0.29, 0.717) is 23.4 Å². The summed E-state index contributed by atoms with van der Waals surface area (Å²) in [5.74, 6) is -0.669. The van der Waals surface area contributed by atoms with Crippen LogP contribution in [0.3, 0.4) is 0 Å². The molecule has 0 saturated carbocycles. The Labute approximate surface area is 175 Å². The monoisotopic (exact) mass is 428 g/mol. The number of nitrogens with zero attached hydrogens (tertiary/aromatic N) is 1. The summed E-state index contributed by atoms with van der Waals surface area (Å²) in [5, 5.41) is 5.49. The van der Waals surface area contributed by atoms with Gasteiger partial charge in [-0.25, -0.2) is 8.42 Å². The van der Waals surface area contributed by atoms with Gasteiger partial charge in [0.05, 0.1) is 4.90 Å². The highest BCUT2D eigenvalue weighted by atomic mass is 32.2. The number of fused-ring (bicyclic) bond motifs is 1. The van der Waals surface area contributed by atoms with Gasteiger partial charge in [-0.15, -0.1) is 0 Å². The van der Waals surface area contributed by atoms with Gasteiger partial charge < -0.3 is 10.6 Å². The molecular weight excluding hydrogens is 404 g/mol. The second-order valence-electron chi connectivity index (χ2n) is 7.20. The first kappa shape index (κ1) is 21.5. The molecule has 0 fully saturated rings. The molecule has 0 aliphatic carbocycles. The molecule has 0 saturated heterocycles. The van der Waals surface area contributed by atoms with E-state index in [1.807, 2.05) is 20.8 Å². The minimum absolute atomic E-state index is 0.140. The summed E-state index contributed by atoms with van der Waals surface area (Å²) in [5.41, 5.74) is 1.33. The van der Waals surface area contributed by atoms with Crippen LogP contribution in [0.25, 0.3) is 0 Å². The molecule has 2 aromatic rings. The van der Waals surface area contributed by atoms with Crippen LogP contribution in [0.15, 0.2) is 58.4 Å². The number of hydrogen-bond acceptors (Lipinski definition) is 5. The van der Waals surface area contributed by atoms with Crippen LogP contribution in [0.5, 0.6) is 0 Å². The first-order valence-corrected chi connectivity index (χ1v) is 11.1. The zero-order valence-electron chi connectivity index (χ0n) is 17.0. The molecule has 3 rings (SSSR count). The fourth-order valence-corrected chi connectivity index (χ4v) is 4.34. The molecule has 0 bridgehead atoms. The van der Waals surface area contributed by atoms with Crippen molar-refractivity contribution in [3.05, 3.63) is 59.7 Å². The Kier molecular flexibility index (Phi) is 6.21. The molecule has 8 nitrogen and oxygen atoms in total. The van der Waals surface area contributed by atoms with Crippen LogP contribution in [0.1, 0.15) is 36.7 Å². The third-order valence-corrected chi connectivity index (χ3v) is 5.96. The van der Waals surface area contributed by atoms with Gasteiger partial charge in [-0.2, -0.15) is 0 Å². The fourth-order valence-electron chi connectivity index (χ4n) is 3.10. The molecule has 0 unspecified atom stereocenters. The van der Waals surface area contributed by atoms with E-state index in [0.717, 1.165) is 0 Å². The first-order chi connectivity index (χ1) is 14.2. The number of carbonyl (C=O) groups is 2. The van der Waals surface area contributed by atoms with Gasteiger partial charge in [0.1, 0.15) is 11.9 Å². The van der Waals surface area contributed by atoms with Gasteiger partial charge in [-0.3, -0.25) is 19.3 Å². The Morgan fingerprint density at radius 2 is 1.83 bits per heavy atom. The summed E-state index contributed by atoms with van der Waals surface area (Å²) in [6.07, 6.45) is 0. The van der Waals surface area contributed by atoms with Crippen molar-refractivity contribution in [3.8, 4) is 0 Å².